The summed E-state index contributed by atoms with van der Waals surface area (Å²) < 4.78 is 4.63. The van der Waals surface area contributed by atoms with Crippen molar-refractivity contribution >= 4 is 11.3 Å². The van der Waals surface area contributed by atoms with Crippen LogP contribution in [0.5, 0.6) is 0 Å². The predicted octanol–water partition coefficient (Wildman–Crippen LogP) is 1.19. The minimum absolute atomic E-state index is 0.738. The summed E-state index contributed by atoms with van der Waals surface area (Å²) in [5.74, 6) is 0. The van der Waals surface area contributed by atoms with E-state index >= 15 is 0 Å². The van der Waals surface area contributed by atoms with Gasteiger partial charge in [-0.25, -0.2) is 0 Å². The molecule has 0 aliphatic carbocycles. The second-order valence-electron chi connectivity index (χ2n) is 1.63. The van der Waals surface area contributed by atoms with Crippen molar-refractivity contribution in [3.63, 3.8) is 0 Å². The van der Waals surface area contributed by atoms with E-state index in [9.17, 15) is 0 Å². The van der Waals surface area contributed by atoms with Crippen molar-refractivity contribution in [1.82, 2.24) is 15.4 Å². The third kappa shape index (κ3) is 0.801. The molecule has 10 heavy (non-hydrogen) atoms. The van der Waals surface area contributed by atoms with Gasteiger partial charge in [-0.15, -0.1) is 10.2 Å². The van der Waals surface area contributed by atoms with Crippen molar-refractivity contribution in [3.8, 4) is 10.7 Å². The maximum absolute atomic E-state index is 4.63. The molecule has 5 heteroatoms. The van der Waals surface area contributed by atoms with Crippen LogP contribution in [0.15, 0.2) is 22.4 Å². The Morgan fingerprint density at radius 3 is 3.10 bits per heavy atom. The predicted molar refractivity (Wildman–Crippen MR) is 35.4 cm³/mol. The third-order valence-electron chi connectivity index (χ3n) is 1.02. The van der Waals surface area contributed by atoms with Gasteiger partial charge in [0.25, 0.3) is 0 Å². The maximum Gasteiger partial charge on any atom is 0.169 e. The largest absolute Gasteiger partial charge is 0.364 e. The molecule has 4 nitrogen and oxygen atoms in total. The molecule has 0 N–H and O–H groups in total. The molecule has 0 fully saturated rings. The highest BCUT2D eigenvalue weighted by Gasteiger charge is 2.02. The van der Waals surface area contributed by atoms with E-state index in [0.717, 1.165) is 10.7 Å². The Bertz CT molecular complexity index is 256. The minimum atomic E-state index is 0.738. The zero-order valence-corrected chi connectivity index (χ0v) is 5.71. The van der Waals surface area contributed by atoms with Gasteiger partial charge in [0.05, 0.1) is 0 Å². The molecule has 0 bridgehead atoms. The number of aromatic nitrogens is 3. The monoisotopic (exact) mass is 153 g/mol. The summed E-state index contributed by atoms with van der Waals surface area (Å²) in [5, 5.41) is 11.9. The second-order valence-corrected chi connectivity index (χ2v) is 2.46. The first-order valence-electron chi connectivity index (χ1n) is 2.64. The van der Waals surface area contributed by atoms with E-state index in [0.29, 0.717) is 0 Å². The van der Waals surface area contributed by atoms with Gasteiger partial charge in [-0.2, -0.15) is 0 Å². The molecule has 0 saturated heterocycles. The molecular weight excluding hydrogens is 150 g/mol. The highest BCUT2D eigenvalue weighted by atomic mass is 32.1. The lowest BCUT2D eigenvalue weighted by Crippen LogP contribution is -1.73. The first-order chi connectivity index (χ1) is 4.97. The third-order valence-corrected chi connectivity index (χ3v) is 1.73. The van der Waals surface area contributed by atoms with Gasteiger partial charge in [0.15, 0.2) is 5.01 Å². The summed E-state index contributed by atoms with van der Waals surface area (Å²) in [5.41, 5.74) is 2.40. The molecule has 0 amide bonds. The van der Waals surface area contributed by atoms with Crippen LogP contribution >= 0.6 is 11.3 Å². The van der Waals surface area contributed by atoms with Gasteiger partial charge in [0.1, 0.15) is 17.5 Å². The van der Waals surface area contributed by atoms with Gasteiger partial charge in [0.2, 0.25) is 0 Å². The number of hydrogen-bond donors (Lipinski definition) is 0. The van der Waals surface area contributed by atoms with Crippen LogP contribution in [0.25, 0.3) is 10.7 Å². The average molecular weight is 153 g/mol. The van der Waals surface area contributed by atoms with Crippen LogP contribution in [0.3, 0.4) is 0 Å². The number of nitrogens with zero attached hydrogens (tertiary/aromatic N) is 3. The lowest BCUT2D eigenvalue weighted by Gasteiger charge is -1.78. The van der Waals surface area contributed by atoms with Gasteiger partial charge in [-0.05, 0) is 0 Å². The summed E-state index contributed by atoms with van der Waals surface area (Å²) in [6, 6.07) is 1.75. The van der Waals surface area contributed by atoms with E-state index in [4.69, 9.17) is 0 Å². The zero-order valence-electron chi connectivity index (χ0n) is 4.89. The van der Waals surface area contributed by atoms with Crippen LogP contribution in [0.2, 0.25) is 0 Å². The maximum atomic E-state index is 4.63. The molecule has 2 aromatic heterocycles. The van der Waals surface area contributed by atoms with Crippen molar-refractivity contribution in [1.29, 1.82) is 0 Å². The van der Waals surface area contributed by atoms with Crippen molar-refractivity contribution in [2.75, 3.05) is 0 Å². The molecule has 0 aliphatic heterocycles. The second kappa shape index (κ2) is 2.18. The standard InChI is InChI=1S/C5H3N3OS/c1-2-9-8-4(1)5-7-6-3-10-5/h1-3H. The van der Waals surface area contributed by atoms with Gasteiger partial charge in [-0.1, -0.05) is 16.5 Å². The molecule has 0 spiro atoms. The summed E-state index contributed by atoms with van der Waals surface area (Å²) in [7, 11) is 0. The molecule has 0 saturated carbocycles. The van der Waals surface area contributed by atoms with Crippen LogP contribution in [0, 0.1) is 0 Å². The first kappa shape index (κ1) is 5.55. The highest BCUT2D eigenvalue weighted by Crippen LogP contribution is 2.16. The van der Waals surface area contributed by atoms with Gasteiger partial charge < -0.3 is 4.52 Å². The molecule has 2 rings (SSSR count). The van der Waals surface area contributed by atoms with Crippen molar-refractivity contribution < 1.29 is 4.52 Å². The van der Waals surface area contributed by atoms with Gasteiger partial charge in [0, 0.05) is 6.07 Å². The molecule has 0 unspecified atom stereocenters. The Kier molecular flexibility index (Phi) is 1.21. The van der Waals surface area contributed by atoms with Crippen LogP contribution in [-0.4, -0.2) is 15.4 Å². The Morgan fingerprint density at radius 1 is 1.50 bits per heavy atom. The summed E-state index contributed by atoms with van der Waals surface area (Å²) in [4.78, 5) is 0. The molecule has 0 aliphatic rings. The van der Waals surface area contributed by atoms with Crippen LogP contribution in [0.4, 0.5) is 0 Å². The number of rotatable bonds is 1. The molecule has 2 aromatic rings. The normalized spacial score (nSPS) is 10.0. The lowest BCUT2D eigenvalue weighted by molar-refractivity contribution is 0.422. The van der Waals surface area contributed by atoms with E-state index < -0.39 is 0 Å². The Hall–Kier alpha value is -1.23. The summed E-state index contributed by atoms with van der Waals surface area (Å²) in [6.07, 6.45) is 1.51. The van der Waals surface area contributed by atoms with Crippen LogP contribution in [0.1, 0.15) is 0 Å². The first-order valence-corrected chi connectivity index (χ1v) is 3.52. The van der Waals surface area contributed by atoms with Gasteiger partial charge in [-0.3, -0.25) is 0 Å². The highest BCUT2D eigenvalue weighted by molar-refractivity contribution is 7.12. The van der Waals surface area contributed by atoms with Crippen molar-refractivity contribution in [2.24, 2.45) is 0 Å². The van der Waals surface area contributed by atoms with E-state index in [1.165, 1.54) is 17.6 Å². The Morgan fingerprint density at radius 2 is 2.50 bits per heavy atom. The fraction of sp³-hybridized carbons (Fsp3) is 0. The molecule has 2 heterocycles. The SMILES string of the molecule is c1cc(-c2nncs2)no1. The van der Waals surface area contributed by atoms with Crippen molar-refractivity contribution in [3.05, 3.63) is 17.8 Å². The van der Waals surface area contributed by atoms with E-state index in [1.54, 1.807) is 11.6 Å². The van der Waals surface area contributed by atoms with E-state index in [1.807, 2.05) is 0 Å². The molecular formula is C5H3N3OS. The average Bonchev–Trinajstić information content (AvgIpc) is 2.59. The number of hydrogen-bond acceptors (Lipinski definition) is 5. The summed E-state index contributed by atoms with van der Waals surface area (Å²) >= 11 is 1.44. The minimum Gasteiger partial charge on any atom is -0.364 e. The lowest BCUT2D eigenvalue weighted by atomic mass is 10.5. The van der Waals surface area contributed by atoms with Crippen LogP contribution in [-0.2, 0) is 0 Å². The topological polar surface area (TPSA) is 51.8 Å². The van der Waals surface area contributed by atoms with Gasteiger partial charge >= 0.3 is 0 Å². The van der Waals surface area contributed by atoms with E-state index in [-0.39, 0.29) is 0 Å². The zero-order chi connectivity index (χ0) is 6.81. The Balaban J connectivity index is 2.48. The molecule has 0 radical (unpaired) electrons. The fourth-order valence-corrected chi connectivity index (χ4v) is 1.12. The fourth-order valence-electron chi connectivity index (χ4n) is 0.608. The Labute approximate surface area is 60.5 Å². The van der Waals surface area contributed by atoms with Crippen molar-refractivity contribution in [2.45, 2.75) is 0 Å². The molecule has 50 valence electrons. The smallest absolute Gasteiger partial charge is 0.169 e. The molecule has 0 atom stereocenters. The quantitative estimate of drug-likeness (QED) is 0.617. The molecule has 0 aromatic carbocycles. The van der Waals surface area contributed by atoms with E-state index in [2.05, 4.69) is 19.9 Å². The summed E-state index contributed by atoms with van der Waals surface area (Å²) in [6.45, 7) is 0. The van der Waals surface area contributed by atoms with Crippen LogP contribution < -0.4 is 0 Å².